The van der Waals surface area contributed by atoms with E-state index < -0.39 is 6.04 Å². The maximum Gasteiger partial charge on any atom is 0.271 e. The summed E-state index contributed by atoms with van der Waals surface area (Å²) < 4.78 is 10.1. The first-order valence-electron chi connectivity index (χ1n) is 13.7. The summed E-state index contributed by atoms with van der Waals surface area (Å²) in [5, 5.41) is 3.00. The van der Waals surface area contributed by atoms with Crippen molar-refractivity contribution < 1.29 is 9.21 Å². The Morgan fingerprint density at radius 3 is 2.49 bits per heavy atom. The summed E-state index contributed by atoms with van der Waals surface area (Å²) in [7, 11) is 0. The van der Waals surface area contributed by atoms with Gasteiger partial charge in [-0.1, -0.05) is 99.5 Å². The van der Waals surface area contributed by atoms with E-state index in [2.05, 4.69) is 63.2 Å². The van der Waals surface area contributed by atoms with Crippen molar-refractivity contribution in [2.24, 2.45) is 4.99 Å². The molecule has 1 N–H and O–H groups in total. The number of halogens is 2. The number of amides is 1. The molecular weight excluding hydrogens is 690 g/mol. The van der Waals surface area contributed by atoms with E-state index in [9.17, 15) is 9.59 Å². The molecule has 216 valence electrons. The fraction of sp³-hybridized carbons (Fsp3) is 0.147. The average Bonchev–Trinajstić information content (AvgIpc) is 3.58. The first-order chi connectivity index (χ1) is 20.7. The monoisotopic (exact) mass is 715 g/mol. The predicted molar refractivity (Wildman–Crippen MR) is 179 cm³/mol. The molecule has 6 rings (SSSR count). The molecule has 0 aliphatic carbocycles. The molecule has 43 heavy (non-hydrogen) atoms. The fourth-order valence-electron chi connectivity index (χ4n) is 5.10. The molecule has 3 heterocycles. The average molecular weight is 717 g/mol. The highest BCUT2D eigenvalue weighted by Crippen LogP contribution is 2.33. The third-order valence-corrected chi connectivity index (χ3v) is 9.48. The molecule has 0 saturated heterocycles. The molecule has 0 fully saturated rings. The van der Waals surface area contributed by atoms with Crippen LogP contribution in [0.15, 0.2) is 119 Å². The minimum atomic E-state index is -0.645. The van der Waals surface area contributed by atoms with Crippen molar-refractivity contribution in [1.29, 1.82) is 0 Å². The number of fused-ring (bicyclic) bond motifs is 1. The molecule has 0 spiro atoms. The van der Waals surface area contributed by atoms with Gasteiger partial charge in [0.2, 0.25) is 0 Å². The number of rotatable bonds is 6. The maximum absolute atomic E-state index is 14.1. The summed E-state index contributed by atoms with van der Waals surface area (Å²) in [6, 6.07) is 26.3. The Bertz CT molecular complexity index is 2060. The number of anilines is 1. The molecule has 0 bridgehead atoms. The number of aromatic nitrogens is 1. The Morgan fingerprint density at radius 2 is 1.77 bits per heavy atom. The van der Waals surface area contributed by atoms with Gasteiger partial charge in [0.1, 0.15) is 11.5 Å². The number of furan rings is 1. The molecule has 1 aliphatic heterocycles. The standard InChI is InChI=1S/C34H27Br2N3O3S/c1-19(2)21-9-11-22(12-10-21)31-30(32(40)38-24-7-5-4-6-8-24)20(3)37-34-39(31)33(41)29(43-34)18-25-14-16-28(42-25)26-17-23(35)13-15-27(26)36/h4-19,31H,1-3H3,(H,38,40)/b29-18+/t31-/m1/s1. The lowest BCUT2D eigenvalue weighted by Crippen LogP contribution is -2.40. The summed E-state index contributed by atoms with van der Waals surface area (Å²) in [6.07, 6.45) is 1.74. The van der Waals surface area contributed by atoms with Crippen molar-refractivity contribution in [3.05, 3.63) is 142 Å². The molecule has 9 heteroatoms. The van der Waals surface area contributed by atoms with Crippen LogP contribution in [0.2, 0.25) is 0 Å². The molecule has 3 aromatic carbocycles. The van der Waals surface area contributed by atoms with Gasteiger partial charge < -0.3 is 9.73 Å². The van der Waals surface area contributed by atoms with Gasteiger partial charge in [0.15, 0.2) is 4.80 Å². The van der Waals surface area contributed by atoms with Gasteiger partial charge in [0.25, 0.3) is 11.5 Å². The summed E-state index contributed by atoms with van der Waals surface area (Å²) in [5.41, 5.74) is 4.34. The van der Waals surface area contributed by atoms with E-state index in [0.717, 1.165) is 20.1 Å². The number of benzene rings is 3. The normalized spacial score (nSPS) is 15.0. The Morgan fingerprint density at radius 1 is 1.02 bits per heavy atom. The second-order valence-corrected chi connectivity index (χ2v) is 13.3. The van der Waals surface area contributed by atoms with E-state index in [1.165, 1.54) is 16.9 Å². The van der Waals surface area contributed by atoms with Gasteiger partial charge in [0.05, 0.1) is 21.8 Å². The van der Waals surface area contributed by atoms with E-state index in [-0.39, 0.29) is 11.5 Å². The van der Waals surface area contributed by atoms with Crippen LogP contribution in [0.5, 0.6) is 0 Å². The number of hydrogen-bond acceptors (Lipinski definition) is 5. The number of thiazole rings is 1. The van der Waals surface area contributed by atoms with Crippen LogP contribution >= 0.6 is 43.2 Å². The quantitative estimate of drug-likeness (QED) is 0.195. The number of para-hydroxylation sites is 1. The number of carbonyl (C=O) groups excluding carboxylic acids is 1. The van der Waals surface area contributed by atoms with Crippen LogP contribution in [-0.2, 0) is 4.79 Å². The SMILES string of the molecule is CC1=C(C(=O)Nc2ccccc2)[C@@H](c2ccc(C(C)C)cc2)n2c(s/c(=C/c3ccc(-c4cc(Br)ccc4Br)o3)c2=O)=N1. The number of allylic oxidation sites excluding steroid dienone is 1. The predicted octanol–water partition coefficient (Wildman–Crippen LogP) is 7.78. The minimum Gasteiger partial charge on any atom is -0.457 e. The van der Waals surface area contributed by atoms with Crippen LogP contribution in [0.3, 0.4) is 0 Å². The first kappa shape index (κ1) is 29.3. The number of nitrogens with one attached hydrogen (secondary N) is 1. The molecule has 1 amide bonds. The third kappa shape index (κ3) is 5.89. The lowest BCUT2D eigenvalue weighted by Gasteiger charge is -2.25. The lowest BCUT2D eigenvalue weighted by atomic mass is 9.93. The van der Waals surface area contributed by atoms with Gasteiger partial charge in [-0.2, -0.15) is 0 Å². The van der Waals surface area contributed by atoms with Gasteiger partial charge in [0, 0.05) is 26.3 Å². The zero-order valence-corrected chi connectivity index (χ0v) is 27.6. The van der Waals surface area contributed by atoms with Gasteiger partial charge in [-0.25, -0.2) is 4.99 Å². The smallest absolute Gasteiger partial charge is 0.271 e. The zero-order chi connectivity index (χ0) is 30.2. The van der Waals surface area contributed by atoms with Crippen LogP contribution in [0.25, 0.3) is 17.4 Å². The van der Waals surface area contributed by atoms with Gasteiger partial charge >= 0.3 is 0 Å². The lowest BCUT2D eigenvalue weighted by molar-refractivity contribution is -0.113. The molecule has 0 unspecified atom stereocenters. The van der Waals surface area contributed by atoms with Crippen LogP contribution in [0.1, 0.15) is 49.6 Å². The molecule has 1 atom stereocenters. The minimum absolute atomic E-state index is 0.235. The van der Waals surface area contributed by atoms with Crippen LogP contribution in [0, 0.1) is 0 Å². The fourth-order valence-corrected chi connectivity index (χ4v) is 6.93. The molecule has 5 aromatic rings. The van der Waals surface area contributed by atoms with Crippen LogP contribution in [0.4, 0.5) is 5.69 Å². The molecule has 0 radical (unpaired) electrons. The van der Waals surface area contributed by atoms with Crippen molar-refractivity contribution >= 4 is 60.9 Å². The maximum atomic E-state index is 14.1. The number of nitrogens with zero attached hydrogens (tertiary/aromatic N) is 2. The van der Waals surface area contributed by atoms with E-state index in [1.54, 1.807) is 10.6 Å². The van der Waals surface area contributed by atoms with Gasteiger partial charge in [-0.3, -0.25) is 14.2 Å². The number of hydrogen-bond donors (Lipinski definition) is 1. The molecule has 1 aliphatic rings. The van der Waals surface area contributed by atoms with Crippen LogP contribution in [-0.4, -0.2) is 10.5 Å². The molecule has 0 saturated carbocycles. The van der Waals surface area contributed by atoms with Crippen LogP contribution < -0.4 is 20.2 Å². The number of carbonyl (C=O) groups is 1. The van der Waals surface area contributed by atoms with E-state index >= 15 is 0 Å². The van der Waals surface area contributed by atoms with E-state index in [1.807, 2.05) is 79.7 Å². The second kappa shape index (κ2) is 12.1. The highest BCUT2D eigenvalue weighted by Gasteiger charge is 2.32. The summed E-state index contributed by atoms with van der Waals surface area (Å²) in [5.74, 6) is 1.27. The topological polar surface area (TPSA) is 76.6 Å². The van der Waals surface area contributed by atoms with Gasteiger partial charge in [-0.15, -0.1) is 0 Å². The van der Waals surface area contributed by atoms with E-state index in [0.29, 0.717) is 43.7 Å². The van der Waals surface area contributed by atoms with Crippen molar-refractivity contribution in [2.45, 2.75) is 32.7 Å². The summed E-state index contributed by atoms with van der Waals surface area (Å²) >= 11 is 8.38. The molecule has 6 nitrogen and oxygen atoms in total. The Balaban J connectivity index is 1.46. The summed E-state index contributed by atoms with van der Waals surface area (Å²) in [4.78, 5) is 33.1. The van der Waals surface area contributed by atoms with E-state index in [4.69, 9.17) is 9.41 Å². The van der Waals surface area contributed by atoms with Gasteiger partial charge in [-0.05, 0) is 66.4 Å². The summed E-state index contributed by atoms with van der Waals surface area (Å²) in [6.45, 7) is 6.09. The van der Waals surface area contributed by atoms with Crippen molar-refractivity contribution in [3.63, 3.8) is 0 Å². The molecular formula is C34H27Br2N3O3S. The third-order valence-electron chi connectivity index (χ3n) is 7.31. The zero-order valence-electron chi connectivity index (χ0n) is 23.6. The second-order valence-electron chi connectivity index (χ2n) is 10.5. The first-order valence-corrected chi connectivity index (χ1v) is 16.1. The largest absolute Gasteiger partial charge is 0.457 e. The highest BCUT2D eigenvalue weighted by molar-refractivity contribution is 9.11. The Kier molecular flexibility index (Phi) is 8.22. The Labute approximate surface area is 269 Å². The Hall–Kier alpha value is -3.79. The molecule has 2 aromatic heterocycles. The van der Waals surface area contributed by atoms with Crippen molar-refractivity contribution in [1.82, 2.24) is 4.57 Å². The highest BCUT2D eigenvalue weighted by atomic mass is 79.9. The van der Waals surface area contributed by atoms with Crippen molar-refractivity contribution in [3.8, 4) is 11.3 Å². The van der Waals surface area contributed by atoms with Crippen molar-refractivity contribution in [2.75, 3.05) is 5.32 Å².